The number of carbonyl (C=O) groups excluding carboxylic acids is 1. The molecule has 2 heterocycles. The van der Waals surface area contributed by atoms with E-state index >= 15 is 0 Å². The molecule has 3 rings (SSSR count). The maximum absolute atomic E-state index is 12.4. The first-order valence-corrected chi connectivity index (χ1v) is 10.7. The van der Waals surface area contributed by atoms with Crippen LogP contribution in [0.4, 0.5) is 0 Å². The molecule has 0 fully saturated rings. The van der Waals surface area contributed by atoms with Gasteiger partial charge in [-0.15, -0.1) is 10.2 Å². The van der Waals surface area contributed by atoms with Crippen molar-refractivity contribution in [3.8, 4) is 11.4 Å². The minimum Gasteiger partial charge on any atom is -0.349 e. The van der Waals surface area contributed by atoms with E-state index in [0.29, 0.717) is 11.1 Å². The smallest absolute Gasteiger partial charge is 0.230 e. The normalized spacial score (nSPS) is 12.2. The van der Waals surface area contributed by atoms with Crippen LogP contribution < -0.4 is 5.32 Å². The van der Waals surface area contributed by atoms with Crippen LogP contribution in [0.1, 0.15) is 37.9 Å². The van der Waals surface area contributed by atoms with Gasteiger partial charge in [0.25, 0.3) is 0 Å². The van der Waals surface area contributed by atoms with Gasteiger partial charge in [0, 0.05) is 25.0 Å². The Balaban J connectivity index is 1.54. The Morgan fingerprint density at radius 3 is 2.41 bits per heavy atom. The van der Waals surface area contributed by atoms with Crippen LogP contribution >= 0.6 is 11.8 Å². The van der Waals surface area contributed by atoms with Gasteiger partial charge in [-0.1, -0.05) is 49.9 Å². The van der Waals surface area contributed by atoms with Crippen molar-refractivity contribution in [1.82, 2.24) is 25.1 Å². The number of benzene rings is 1. The molecular weight excluding hydrogens is 382 g/mol. The third-order valence-electron chi connectivity index (χ3n) is 4.61. The largest absolute Gasteiger partial charge is 0.349 e. The molecule has 1 amide bonds. The molecule has 1 aromatic carbocycles. The fourth-order valence-corrected chi connectivity index (χ4v) is 3.83. The standard InChI is InChI=1S/C22H27N5OS/c1-15(2)13-17-5-7-18(8-6-17)16(3)24-20(28)14-29-22-26-25-21(27(22)4)19-9-11-23-12-10-19/h5-12,15-16H,13-14H2,1-4H3,(H,24,28)/t16-/m1/s1. The molecule has 6 nitrogen and oxygen atoms in total. The molecule has 29 heavy (non-hydrogen) atoms. The highest BCUT2D eigenvalue weighted by Crippen LogP contribution is 2.22. The van der Waals surface area contributed by atoms with Gasteiger partial charge in [-0.25, -0.2) is 0 Å². The molecule has 1 N–H and O–H groups in total. The minimum absolute atomic E-state index is 0.0257. The summed E-state index contributed by atoms with van der Waals surface area (Å²) in [6.07, 6.45) is 4.51. The molecule has 2 aromatic heterocycles. The average Bonchev–Trinajstić information content (AvgIpc) is 3.07. The summed E-state index contributed by atoms with van der Waals surface area (Å²) in [7, 11) is 1.90. The molecule has 0 saturated carbocycles. The highest BCUT2D eigenvalue weighted by molar-refractivity contribution is 7.99. The quantitative estimate of drug-likeness (QED) is 0.568. The molecule has 0 bridgehead atoms. The van der Waals surface area contributed by atoms with Gasteiger partial charge in [-0.3, -0.25) is 9.78 Å². The Morgan fingerprint density at radius 1 is 1.07 bits per heavy atom. The van der Waals surface area contributed by atoms with Gasteiger partial charge in [0.1, 0.15) is 0 Å². The highest BCUT2D eigenvalue weighted by atomic mass is 32.2. The summed E-state index contributed by atoms with van der Waals surface area (Å²) >= 11 is 1.38. The molecule has 0 aliphatic carbocycles. The summed E-state index contributed by atoms with van der Waals surface area (Å²) in [5, 5.41) is 12.2. The number of hydrogen-bond donors (Lipinski definition) is 1. The van der Waals surface area contributed by atoms with Crippen molar-refractivity contribution in [1.29, 1.82) is 0 Å². The van der Waals surface area contributed by atoms with Crippen LogP contribution in [0.15, 0.2) is 53.9 Å². The first-order chi connectivity index (χ1) is 13.9. The van der Waals surface area contributed by atoms with Crippen molar-refractivity contribution in [2.75, 3.05) is 5.75 Å². The molecule has 3 aromatic rings. The monoisotopic (exact) mass is 409 g/mol. The highest BCUT2D eigenvalue weighted by Gasteiger charge is 2.14. The number of rotatable bonds is 8. The number of thioether (sulfide) groups is 1. The van der Waals surface area contributed by atoms with Gasteiger partial charge in [0.2, 0.25) is 5.91 Å². The topological polar surface area (TPSA) is 72.7 Å². The minimum atomic E-state index is -0.0388. The maximum Gasteiger partial charge on any atom is 0.230 e. The molecule has 0 aliphatic rings. The van der Waals surface area contributed by atoms with E-state index in [1.54, 1.807) is 12.4 Å². The summed E-state index contributed by atoms with van der Waals surface area (Å²) in [6, 6.07) is 12.2. The lowest BCUT2D eigenvalue weighted by Gasteiger charge is -2.15. The Hall–Kier alpha value is -2.67. The van der Waals surface area contributed by atoms with E-state index in [2.05, 4.69) is 58.6 Å². The van der Waals surface area contributed by atoms with E-state index < -0.39 is 0 Å². The van der Waals surface area contributed by atoms with E-state index in [4.69, 9.17) is 0 Å². The second-order valence-corrected chi connectivity index (χ2v) is 8.46. The summed E-state index contributed by atoms with van der Waals surface area (Å²) in [5.41, 5.74) is 3.38. The van der Waals surface area contributed by atoms with Crippen molar-refractivity contribution in [3.63, 3.8) is 0 Å². The molecule has 0 saturated heterocycles. The molecule has 0 unspecified atom stereocenters. The zero-order chi connectivity index (χ0) is 20.8. The summed E-state index contributed by atoms with van der Waals surface area (Å²) in [6.45, 7) is 6.43. The van der Waals surface area contributed by atoms with E-state index in [-0.39, 0.29) is 17.7 Å². The SMILES string of the molecule is CC(C)Cc1ccc([C@@H](C)NC(=O)CSc2nnc(-c3ccncc3)n2C)cc1. The van der Waals surface area contributed by atoms with Gasteiger partial charge in [0.15, 0.2) is 11.0 Å². The van der Waals surface area contributed by atoms with Crippen molar-refractivity contribution < 1.29 is 4.79 Å². The van der Waals surface area contributed by atoms with Crippen molar-refractivity contribution in [2.45, 2.75) is 38.4 Å². The zero-order valence-corrected chi connectivity index (χ0v) is 18.1. The van der Waals surface area contributed by atoms with Gasteiger partial charge >= 0.3 is 0 Å². The number of nitrogens with one attached hydrogen (secondary N) is 1. The van der Waals surface area contributed by atoms with E-state index in [1.807, 2.05) is 30.7 Å². The van der Waals surface area contributed by atoms with Crippen LogP contribution in [0.2, 0.25) is 0 Å². The van der Waals surface area contributed by atoms with Crippen LogP contribution in [0, 0.1) is 5.92 Å². The van der Waals surface area contributed by atoms with E-state index in [9.17, 15) is 4.79 Å². The fourth-order valence-electron chi connectivity index (χ4n) is 3.10. The summed E-state index contributed by atoms with van der Waals surface area (Å²) in [5.74, 6) is 1.65. The second-order valence-electron chi connectivity index (χ2n) is 7.52. The number of aromatic nitrogens is 4. The van der Waals surface area contributed by atoms with E-state index in [1.165, 1.54) is 17.3 Å². The zero-order valence-electron chi connectivity index (χ0n) is 17.3. The number of pyridine rings is 1. The number of carbonyl (C=O) groups is 1. The van der Waals surface area contributed by atoms with Crippen LogP contribution in [0.5, 0.6) is 0 Å². The summed E-state index contributed by atoms with van der Waals surface area (Å²) < 4.78 is 1.89. The molecule has 0 spiro atoms. The third kappa shape index (κ3) is 5.67. The number of amides is 1. The average molecular weight is 410 g/mol. The van der Waals surface area contributed by atoms with Gasteiger partial charge in [-0.2, -0.15) is 0 Å². The lowest BCUT2D eigenvalue weighted by molar-refractivity contribution is -0.119. The molecule has 7 heteroatoms. The second kappa shape index (κ2) is 9.69. The number of hydrogen-bond acceptors (Lipinski definition) is 5. The maximum atomic E-state index is 12.4. The molecule has 0 radical (unpaired) electrons. The number of nitrogens with zero attached hydrogens (tertiary/aromatic N) is 4. The van der Waals surface area contributed by atoms with Crippen molar-refractivity contribution in [2.24, 2.45) is 13.0 Å². The van der Waals surface area contributed by atoms with Gasteiger partial charge in [0.05, 0.1) is 11.8 Å². The predicted octanol–water partition coefficient (Wildman–Crippen LogP) is 4.05. The predicted molar refractivity (Wildman–Crippen MR) is 116 cm³/mol. The molecule has 152 valence electrons. The Kier molecular flexibility index (Phi) is 7.04. The Morgan fingerprint density at radius 2 is 1.76 bits per heavy atom. The van der Waals surface area contributed by atoms with Crippen LogP contribution in [0.25, 0.3) is 11.4 Å². The summed E-state index contributed by atoms with van der Waals surface area (Å²) in [4.78, 5) is 16.4. The Labute approximate surface area is 176 Å². The van der Waals surface area contributed by atoms with Crippen LogP contribution in [-0.4, -0.2) is 31.4 Å². The first-order valence-electron chi connectivity index (χ1n) is 9.75. The third-order valence-corrected chi connectivity index (χ3v) is 5.63. The van der Waals surface area contributed by atoms with Crippen LogP contribution in [-0.2, 0) is 18.3 Å². The van der Waals surface area contributed by atoms with Crippen LogP contribution in [0.3, 0.4) is 0 Å². The lowest BCUT2D eigenvalue weighted by atomic mass is 10.00. The molecular formula is C22H27N5OS. The lowest BCUT2D eigenvalue weighted by Crippen LogP contribution is -2.28. The fraction of sp³-hybridized carbons (Fsp3) is 0.364. The van der Waals surface area contributed by atoms with Gasteiger partial charge in [-0.05, 0) is 42.5 Å². The first kappa shape index (κ1) is 21.0. The molecule has 0 aliphatic heterocycles. The Bertz CT molecular complexity index is 938. The van der Waals surface area contributed by atoms with Crippen molar-refractivity contribution >= 4 is 17.7 Å². The molecule has 1 atom stereocenters. The van der Waals surface area contributed by atoms with E-state index in [0.717, 1.165) is 23.4 Å². The van der Waals surface area contributed by atoms with Gasteiger partial charge < -0.3 is 9.88 Å². The van der Waals surface area contributed by atoms with Crippen molar-refractivity contribution in [3.05, 3.63) is 59.9 Å².